The van der Waals surface area contributed by atoms with Gasteiger partial charge in [-0.3, -0.25) is 9.59 Å². The summed E-state index contributed by atoms with van der Waals surface area (Å²) in [5.74, 6) is 4.84. The highest BCUT2D eigenvalue weighted by Gasteiger charge is 2.27. The molecule has 12 heteroatoms. The van der Waals surface area contributed by atoms with Crippen molar-refractivity contribution in [1.29, 1.82) is 0 Å². The van der Waals surface area contributed by atoms with Gasteiger partial charge >= 0.3 is 5.97 Å². The van der Waals surface area contributed by atoms with Gasteiger partial charge in [-0.25, -0.2) is 0 Å². The van der Waals surface area contributed by atoms with Crippen LogP contribution in [0.1, 0.15) is 206 Å². The summed E-state index contributed by atoms with van der Waals surface area (Å²) in [4.78, 5) is 21.8. The van der Waals surface area contributed by atoms with Gasteiger partial charge in [-0.2, -0.15) is 0 Å². The molecule has 2 aliphatic rings. The molecular weight excluding hydrogens is 1310 g/mol. The fourth-order valence-corrected chi connectivity index (χ4v) is 9.73. The molecule has 7 N–H and O–H groups in total. The van der Waals surface area contributed by atoms with Gasteiger partial charge in [0.15, 0.2) is 17.3 Å². The molecule has 8 aromatic rings. The number of allylic oxidation sites excluding steroid dienone is 6. The Kier molecular flexibility index (Phi) is 54.4. The molecule has 10 rings (SSSR count). The van der Waals surface area contributed by atoms with Crippen molar-refractivity contribution in [3.05, 3.63) is 298 Å². The van der Waals surface area contributed by atoms with E-state index in [1.807, 2.05) is 212 Å². The van der Waals surface area contributed by atoms with Crippen LogP contribution in [0.5, 0.6) is 34.5 Å². The van der Waals surface area contributed by atoms with Crippen LogP contribution >= 0.6 is 0 Å². The number of carbonyl (C=O) groups excluding carboxylic acids is 2. The molecule has 1 saturated carbocycles. The largest absolute Gasteiger partial charge is 0.516 e. The zero-order chi connectivity index (χ0) is 76.4. The molecule has 0 saturated heterocycles. The second-order valence-corrected chi connectivity index (χ2v) is 26.1. The third-order valence-electron chi connectivity index (χ3n) is 15.9. The van der Waals surface area contributed by atoms with E-state index in [1.165, 1.54) is 42.7 Å². The number of para-hydroxylation sites is 1. The molecule has 1 fully saturated rings. The van der Waals surface area contributed by atoms with Crippen molar-refractivity contribution in [3.63, 3.8) is 0 Å². The Morgan fingerprint density at radius 3 is 1.57 bits per heavy atom. The molecular formula is C93H130O12. The normalized spacial score (nSPS) is 12.9. The molecule has 2 atom stereocenters. The van der Waals surface area contributed by atoms with Gasteiger partial charge in [0.25, 0.3) is 0 Å². The molecule has 0 aliphatic heterocycles. The summed E-state index contributed by atoms with van der Waals surface area (Å²) in [7, 11) is 3.21. The Morgan fingerprint density at radius 1 is 0.619 bits per heavy atom. The average molecular weight is 1440 g/mol. The van der Waals surface area contributed by atoms with E-state index in [0.717, 1.165) is 95.1 Å². The number of aryl methyl sites for hydroxylation is 2. The van der Waals surface area contributed by atoms with Gasteiger partial charge in [-0.1, -0.05) is 244 Å². The van der Waals surface area contributed by atoms with Crippen molar-refractivity contribution >= 4 is 23.9 Å². The molecule has 574 valence electrons. The summed E-state index contributed by atoms with van der Waals surface area (Å²) in [6.45, 7) is 32.1. The van der Waals surface area contributed by atoms with Crippen molar-refractivity contribution in [2.24, 2.45) is 11.8 Å². The van der Waals surface area contributed by atoms with Gasteiger partial charge in [0.05, 0.1) is 32.7 Å². The number of ether oxygens (including phenoxy) is 3. The van der Waals surface area contributed by atoms with Crippen molar-refractivity contribution < 1.29 is 59.5 Å². The van der Waals surface area contributed by atoms with Crippen LogP contribution < -0.4 is 9.47 Å². The Bertz CT molecular complexity index is 3690. The summed E-state index contributed by atoms with van der Waals surface area (Å²) in [5, 5.41) is 63.1. The number of rotatable bonds is 12. The highest BCUT2D eigenvalue weighted by Crippen LogP contribution is 2.32. The number of hydrogen-bond donors (Lipinski definition) is 7. The van der Waals surface area contributed by atoms with E-state index in [-0.39, 0.29) is 40.6 Å². The summed E-state index contributed by atoms with van der Waals surface area (Å²) < 4.78 is 14.8. The number of aliphatic hydroxyl groups excluding tert-OH is 2. The van der Waals surface area contributed by atoms with Gasteiger partial charge in [0.1, 0.15) is 29.6 Å². The zero-order valence-electron chi connectivity index (χ0n) is 63.6. The minimum absolute atomic E-state index is 0. The number of methoxy groups -OCH3 is 2. The number of Topliss-reactive ketones (excluding diaryl/α,β-unsaturated/α-hetero) is 1. The summed E-state index contributed by atoms with van der Waals surface area (Å²) >= 11 is 0. The van der Waals surface area contributed by atoms with E-state index in [0.29, 0.717) is 59.1 Å². The van der Waals surface area contributed by atoms with Gasteiger partial charge < -0.3 is 50.0 Å². The molecule has 2 aliphatic carbocycles. The summed E-state index contributed by atoms with van der Waals surface area (Å²) in [6, 6.07) is 62.3. The SMILES string of the molecule is C.C.C.C/C=C/c1ccc(OC)cc1.C=CCc1ccc(O)c(OC)c1.CC(=O)OCc1ccccc1.CC(C)=C1CCC(C)CC1=O.CC1=CCC(C(C)(C)O)CC1.Cc1cc(C(C)C)ccc1O.Cc1ccc(C(C)C)c(O)c1.O/C=C/c1ccccc1.OCc1ccccc1.Oc1ccccc1. The van der Waals surface area contributed by atoms with Crippen molar-refractivity contribution in [2.45, 2.75) is 195 Å². The molecule has 2 unspecified atom stereocenters. The van der Waals surface area contributed by atoms with Gasteiger partial charge in [0.2, 0.25) is 0 Å². The van der Waals surface area contributed by atoms with E-state index in [2.05, 4.69) is 60.3 Å². The standard InChI is InChI=1S/C10H12O2.C10H18O.C10H14O.C10H16O.C10H14O.C10H12O.C9H10O2.C8H8O.C7H8O.C6H6O.3CH4/c1-3-4-8-5-6-9(11)10(7-8)12-2;1-8-4-6-9(7-5-8)10(2,3)11;1-7(2)9-4-5-10(11)8(3)6-9;2*1-7(2)9-5-4-8(3)6-10(9)11;1-3-4-9-5-7-10(11-2)8-6-9;1-8(10)11-7-9-5-3-2-4-6-9;9-7-6-8-4-2-1-3-5-8;8-6-7-4-2-1-3-5-7;7-6-4-2-1-3-5-6;;;/h3,5-7,11H,1,4H2,2H3;4,9,11H,5-7H2,1-3H3;4-7,11H,1-3H3;8H,4-6H2,1-3H3;4-7,11H,1-3H3;3-8H,1-2H3;2-6H,7H2,1H3;1-7,9H;1-5,8H,6H2;1-5,7H;3*1H4/b;;;;;4-3+;;7-6+;;;;;. The molecule has 0 bridgehead atoms. The fourth-order valence-electron chi connectivity index (χ4n) is 9.73. The van der Waals surface area contributed by atoms with Crippen LogP contribution in [0.3, 0.4) is 0 Å². The first-order valence-electron chi connectivity index (χ1n) is 34.8. The number of benzene rings is 8. The van der Waals surface area contributed by atoms with Crippen molar-refractivity contribution in [2.75, 3.05) is 14.2 Å². The molecule has 105 heavy (non-hydrogen) atoms. The maximum Gasteiger partial charge on any atom is 0.302 e. The lowest BCUT2D eigenvalue weighted by atomic mass is 9.80. The van der Waals surface area contributed by atoms with E-state index < -0.39 is 5.60 Å². The third-order valence-corrected chi connectivity index (χ3v) is 15.9. The lowest BCUT2D eigenvalue weighted by Gasteiger charge is -2.31. The predicted molar refractivity (Wildman–Crippen MR) is 445 cm³/mol. The van der Waals surface area contributed by atoms with Crippen LogP contribution in [-0.2, 0) is 34.0 Å². The first kappa shape index (κ1) is 99.3. The predicted octanol–water partition coefficient (Wildman–Crippen LogP) is 24.2. The Morgan fingerprint density at radius 2 is 1.16 bits per heavy atom. The van der Waals surface area contributed by atoms with Crippen molar-refractivity contribution in [3.8, 4) is 34.5 Å². The van der Waals surface area contributed by atoms with E-state index in [9.17, 15) is 30.0 Å². The molecule has 0 heterocycles. The summed E-state index contributed by atoms with van der Waals surface area (Å²) in [5.41, 5.74) is 12.9. The Labute approximate surface area is 633 Å². The number of aliphatic hydroxyl groups is 3. The zero-order valence-corrected chi connectivity index (χ0v) is 63.6. The summed E-state index contributed by atoms with van der Waals surface area (Å²) in [6.07, 6.45) is 17.9. The molecule has 8 aromatic carbocycles. The van der Waals surface area contributed by atoms with Crippen LogP contribution in [0.15, 0.2) is 248 Å². The molecule has 0 aromatic heterocycles. The quantitative estimate of drug-likeness (QED) is 0.0264. The van der Waals surface area contributed by atoms with Crippen LogP contribution in [-0.4, -0.2) is 67.3 Å². The molecule has 0 amide bonds. The second kappa shape index (κ2) is 57.5. The van der Waals surface area contributed by atoms with E-state index in [1.54, 1.807) is 61.7 Å². The lowest BCUT2D eigenvalue weighted by molar-refractivity contribution is -0.142. The first-order chi connectivity index (χ1) is 48.5. The third kappa shape index (κ3) is 45.8. The number of ketones is 1. The minimum Gasteiger partial charge on any atom is -0.516 e. The van der Waals surface area contributed by atoms with Crippen LogP contribution in [0, 0.1) is 25.7 Å². The number of carbonyl (C=O) groups is 2. The maximum absolute atomic E-state index is 11.4. The molecule has 0 radical (unpaired) electrons. The number of hydrogen-bond acceptors (Lipinski definition) is 12. The van der Waals surface area contributed by atoms with Crippen LogP contribution in [0.4, 0.5) is 0 Å². The highest BCUT2D eigenvalue weighted by molar-refractivity contribution is 5.96. The maximum atomic E-state index is 11.4. The van der Waals surface area contributed by atoms with E-state index >= 15 is 0 Å². The van der Waals surface area contributed by atoms with Crippen LogP contribution in [0.2, 0.25) is 0 Å². The van der Waals surface area contributed by atoms with Gasteiger partial charge in [-0.15, -0.1) is 6.58 Å². The number of phenolic OH excluding ortho intramolecular Hbond substituents is 4. The van der Waals surface area contributed by atoms with Gasteiger partial charge in [-0.05, 0) is 228 Å². The van der Waals surface area contributed by atoms with Crippen LogP contribution in [0.25, 0.3) is 12.2 Å². The fraction of sp³-hybridized carbons (Fsp3) is 0.355. The van der Waals surface area contributed by atoms with E-state index in [4.69, 9.17) is 29.5 Å². The first-order valence-corrected chi connectivity index (χ1v) is 34.8. The minimum atomic E-state index is -0.489. The highest BCUT2D eigenvalue weighted by atomic mass is 16.5. The molecule has 12 nitrogen and oxygen atoms in total. The van der Waals surface area contributed by atoms with Gasteiger partial charge in [0, 0.05) is 13.3 Å². The topological polar surface area (TPSA) is 203 Å². The Balaban J connectivity index is -0.00000110. The smallest absolute Gasteiger partial charge is 0.302 e. The Hall–Kier alpha value is -9.88. The second-order valence-electron chi connectivity index (χ2n) is 26.1. The number of phenols is 4. The van der Waals surface area contributed by atoms with Crippen molar-refractivity contribution in [1.82, 2.24) is 0 Å². The lowest BCUT2D eigenvalue weighted by Crippen LogP contribution is -2.31. The molecule has 0 spiro atoms. The average Bonchev–Trinajstić information content (AvgIpc) is 0.878. The number of esters is 1. The number of aromatic hydroxyl groups is 4. The monoisotopic (exact) mass is 1440 g/mol.